The van der Waals surface area contributed by atoms with Crippen molar-refractivity contribution in [1.29, 1.82) is 0 Å². The van der Waals surface area contributed by atoms with Gasteiger partial charge in [0.25, 0.3) is 17.6 Å². The predicted molar refractivity (Wildman–Crippen MR) is 138 cm³/mol. The number of aryl methyl sites for hydroxylation is 3. The highest BCUT2D eigenvalue weighted by Crippen LogP contribution is 2.35. The molecule has 0 atom stereocenters. The molecule has 4 N–H and O–H groups in total. The highest BCUT2D eigenvalue weighted by Gasteiger charge is 2.25. The molecule has 36 heavy (non-hydrogen) atoms. The average Bonchev–Trinajstić information content (AvgIpc) is 3.14. The van der Waals surface area contributed by atoms with Crippen LogP contribution in [-0.2, 0) is 28.9 Å². The summed E-state index contributed by atoms with van der Waals surface area (Å²) in [7, 11) is -2.24. The molecule has 0 saturated carbocycles. The lowest BCUT2D eigenvalue weighted by atomic mass is 10.2. The Labute approximate surface area is 210 Å². The molecule has 1 aromatic carbocycles. The van der Waals surface area contributed by atoms with Crippen LogP contribution < -0.4 is 20.9 Å². The number of benzene rings is 1. The Morgan fingerprint density at radius 1 is 1.19 bits per heavy atom. The second-order valence-corrected chi connectivity index (χ2v) is 12.3. The summed E-state index contributed by atoms with van der Waals surface area (Å²) >= 11 is 0. The van der Waals surface area contributed by atoms with Crippen LogP contribution >= 0.6 is 7.14 Å². The molecule has 194 valence electrons. The number of nitrogen functional groups attached to an aromatic ring is 1. The molecule has 0 aliphatic rings. The standard InChI is InChI=1S/C24H34N7O4P/c1-6-30-18-9-8-17(23(32)26-10-11-35-15-36(4,5)34)12-19(18)31(7-2)20(30)14-28-24(33)21-22(25)27-13-16(3)29-21/h8-9,12-13H,6-7,10-11,14-15H2,1-5H3,(H3-,25,26,27,28,32,33)/p+1. The SMILES string of the molecule is CCn1c(CNC(=O)c2nc(C)cnc2N)[n+](CC)c2ccc(C(=O)NCCOCP(C)(C)=O)cc21. The first-order valence-corrected chi connectivity index (χ1v) is 14.7. The van der Waals surface area contributed by atoms with Gasteiger partial charge in [0.05, 0.1) is 37.9 Å². The van der Waals surface area contributed by atoms with Crippen LogP contribution in [0.5, 0.6) is 0 Å². The topological polar surface area (TPSA) is 145 Å². The molecule has 0 aliphatic heterocycles. The minimum atomic E-state index is -2.24. The molecule has 3 rings (SSSR count). The number of anilines is 1. The molecular formula is C24H35N7O4P+. The van der Waals surface area contributed by atoms with Crippen LogP contribution in [0.2, 0.25) is 0 Å². The van der Waals surface area contributed by atoms with Crippen LogP contribution in [0, 0.1) is 6.92 Å². The van der Waals surface area contributed by atoms with Gasteiger partial charge in [-0.05, 0) is 46.2 Å². The molecule has 0 aliphatic carbocycles. The second kappa shape index (κ2) is 11.6. The minimum absolute atomic E-state index is 0.0805. The fourth-order valence-corrected chi connectivity index (χ4v) is 4.52. The Balaban J connectivity index is 1.79. The predicted octanol–water partition coefficient (Wildman–Crippen LogP) is 1.91. The van der Waals surface area contributed by atoms with Gasteiger partial charge in [0.2, 0.25) is 0 Å². The molecule has 0 saturated heterocycles. The number of nitrogens with one attached hydrogen (secondary N) is 2. The minimum Gasteiger partial charge on any atom is -0.382 e. The summed E-state index contributed by atoms with van der Waals surface area (Å²) in [5.41, 5.74) is 8.92. The second-order valence-electron chi connectivity index (χ2n) is 8.90. The number of nitrogens with zero attached hydrogens (tertiary/aromatic N) is 4. The van der Waals surface area contributed by atoms with Crippen molar-refractivity contribution in [3.8, 4) is 0 Å². The van der Waals surface area contributed by atoms with E-state index in [1.54, 1.807) is 26.3 Å². The first-order valence-electron chi connectivity index (χ1n) is 11.9. The number of aromatic nitrogens is 4. The van der Waals surface area contributed by atoms with Gasteiger partial charge in [-0.2, -0.15) is 0 Å². The lowest BCUT2D eigenvalue weighted by Crippen LogP contribution is -2.40. The van der Waals surface area contributed by atoms with E-state index in [-0.39, 0.29) is 30.3 Å². The lowest BCUT2D eigenvalue weighted by Gasteiger charge is -2.09. The van der Waals surface area contributed by atoms with Crippen molar-refractivity contribution in [3.05, 3.63) is 47.2 Å². The number of fused-ring (bicyclic) bond motifs is 1. The van der Waals surface area contributed by atoms with Crippen molar-refractivity contribution in [1.82, 2.24) is 25.2 Å². The Hall–Kier alpha value is -3.30. The van der Waals surface area contributed by atoms with Crippen molar-refractivity contribution >= 4 is 35.8 Å². The Kier molecular flexibility index (Phi) is 8.81. The monoisotopic (exact) mass is 516 g/mol. The zero-order valence-corrected chi connectivity index (χ0v) is 22.4. The molecule has 2 amide bonds. The van der Waals surface area contributed by atoms with E-state index < -0.39 is 13.0 Å². The summed E-state index contributed by atoms with van der Waals surface area (Å²) < 4.78 is 21.3. The quantitative estimate of drug-likeness (QED) is 0.201. The molecule has 2 heterocycles. The van der Waals surface area contributed by atoms with Gasteiger partial charge in [-0.15, -0.1) is 0 Å². The van der Waals surface area contributed by atoms with Crippen LogP contribution in [0.3, 0.4) is 0 Å². The summed E-state index contributed by atoms with van der Waals surface area (Å²) in [6.07, 6.45) is 1.71. The van der Waals surface area contributed by atoms with Crippen LogP contribution in [0.25, 0.3) is 11.0 Å². The molecule has 0 unspecified atom stereocenters. The number of amides is 2. The lowest BCUT2D eigenvalue weighted by molar-refractivity contribution is -0.676. The van der Waals surface area contributed by atoms with Gasteiger partial charge in [-0.25, -0.2) is 19.1 Å². The average molecular weight is 517 g/mol. The largest absolute Gasteiger partial charge is 0.382 e. The van der Waals surface area contributed by atoms with Crippen LogP contribution in [-0.4, -0.2) is 59.2 Å². The van der Waals surface area contributed by atoms with Crippen LogP contribution in [0.15, 0.2) is 24.4 Å². The van der Waals surface area contributed by atoms with E-state index in [2.05, 4.69) is 29.7 Å². The van der Waals surface area contributed by atoms with Crippen molar-refractivity contribution < 1.29 is 23.5 Å². The third-order valence-electron chi connectivity index (χ3n) is 5.55. The molecule has 0 bridgehead atoms. The summed E-state index contributed by atoms with van der Waals surface area (Å²) in [5, 5.41) is 5.74. The molecule has 11 nitrogen and oxygen atoms in total. The molecule has 12 heteroatoms. The van der Waals surface area contributed by atoms with Gasteiger partial charge < -0.3 is 25.7 Å². The normalized spacial score (nSPS) is 11.6. The van der Waals surface area contributed by atoms with Gasteiger partial charge in [0.1, 0.15) is 13.7 Å². The summed E-state index contributed by atoms with van der Waals surface area (Å²) in [5.74, 6) is 0.352. The van der Waals surface area contributed by atoms with Crippen molar-refractivity contribution in [2.24, 2.45) is 0 Å². The number of hydrogen-bond donors (Lipinski definition) is 3. The number of carbonyl (C=O) groups excluding carboxylic acids is 2. The number of ether oxygens (including phenoxy) is 1. The highest BCUT2D eigenvalue weighted by atomic mass is 31.2. The van der Waals surface area contributed by atoms with Gasteiger partial charge in [0.15, 0.2) is 22.5 Å². The van der Waals surface area contributed by atoms with E-state index in [9.17, 15) is 14.2 Å². The smallest absolute Gasteiger partial charge is 0.277 e. The zero-order valence-electron chi connectivity index (χ0n) is 21.5. The van der Waals surface area contributed by atoms with Crippen molar-refractivity contribution in [2.45, 2.75) is 40.4 Å². The molecule has 0 fully saturated rings. The Bertz CT molecular complexity index is 1320. The maximum atomic E-state index is 12.8. The maximum Gasteiger partial charge on any atom is 0.277 e. The maximum absolute atomic E-state index is 12.8. The fraction of sp³-hybridized carbons (Fsp3) is 0.458. The molecule has 3 aromatic rings. The third kappa shape index (κ3) is 6.47. The highest BCUT2D eigenvalue weighted by molar-refractivity contribution is 7.62. The summed E-state index contributed by atoms with van der Waals surface area (Å²) in [6, 6.07) is 5.54. The number of rotatable bonds is 11. The Morgan fingerprint density at radius 3 is 2.61 bits per heavy atom. The van der Waals surface area contributed by atoms with Gasteiger partial charge in [0, 0.05) is 18.2 Å². The third-order valence-corrected chi connectivity index (χ3v) is 6.36. The molecular weight excluding hydrogens is 481 g/mol. The molecule has 2 aromatic heterocycles. The summed E-state index contributed by atoms with van der Waals surface area (Å²) in [4.78, 5) is 33.7. The molecule has 0 radical (unpaired) electrons. The van der Waals surface area contributed by atoms with Crippen molar-refractivity contribution in [3.63, 3.8) is 0 Å². The number of hydrogen-bond acceptors (Lipinski definition) is 7. The van der Waals surface area contributed by atoms with Crippen LogP contribution in [0.4, 0.5) is 5.82 Å². The number of nitrogens with two attached hydrogens (primary N) is 1. The van der Waals surface area contributed by atoms with Crippen molar-refractivity contribution in [2.75, 3.05) is 38.6 Å². The zero-order chi connectivity index (χ0) is 26.5. The van der Waals surface area contributed by atoms with Gasteiger partial charge >= 0.3 is 0 Å². The van der Waals surface area contributed by atoms with E-state index in [0.717, 1.165) is 16.9 Å². The van der Waals surface area contributed by atoms with E-state index in [4.69, 9.17) is 10.5 Å². The first kappa shape index (κ1) is 27.3. The van der Waals surface area contributed by atoms with Gasteiger partial charge in [-0.1, -0.05) is 0 Å². The van der Waals surface area contributed by atoms with E-state index >= 15 is 0 Å². The first-order chi connectivity index (χ1) is 17.1. The number of carbonyl (C=O) groups is 2. The Morgan fingerprint density at radius 2 is 1.94 bits per heavy atom. The molecule has 0 spiro atoms. The van der Waals surface area contributed by atoms with E-state index in [1.165, 1.54) is 6.20 Å². The van der Waals surface area contributed by atoms with E-state index in [0.29, 0.717) is 37.5 Å². The summed E-state index contributed by atoms with van der Waals surface area (Å²) in [6.45, 7) is 11.3. The van der Waals surface area contributed by atoms with Crippen LogP contribution in [0.1, 0.15) is 46.2 Å². The van der Waals surface area contributed by atoms with Gasteiger partial charge in [-0.3, -0.25) is 9.59 Å². The van der Waals surface area contributed by atoms with E-state index in [1.807, 2.05) is 26.0 Å². The fourth-order valence-electron chi connectivity index (χ4n) is 3.95. The number of imidazole rings is 1.